The molecule has 0 saturated heterocycles. The van der Waals surface area contributed by atoms with Crippen LogP contribution in [0.25, 0.3) is 0 Å². The van der Waals surface area contributed by atoms with Gasteiger partial charge < -0.3 is 5.32 Å². The molecule has 0 aliphatic heterocycles. The van der Waals surface area contributed by atoms with Crippen LogP contribution in [0.1, 0.15) is 31.6 Å². The van der Waals surface area contributed by atoms with Gasteiger partial charge in [-0.3, -0.25) is 5.10 Å². The first kappa shape index (κ1) is 7.73. The molecule has 4 heteroatoms. The summed E-state index contributed by atoms with van der Waals surface area (Å²) in [7, 11) is 0. The quantitative estimate of drug-likeness (QED) is 0.697. The van der Waals surface area contributed by atoms with Gasteiger partial charge in [-0.05, 0) is 25.3 Å². The number of hydrogen-bond acceptors (Lipinski definition) is 3. The van der Waals surface area contributed by atoms with Gasteiger partial charge in [-0.1, -0.05) is 6.92 Å². The van der Waals surface area contributed by atoms with Crippen molar-refractivity contribution in [1.29, 1.82) is 0 Å². The Hall–Kier alpha value is -0.900. The molecule has 1 aliphatic rings. The number of aromatic amines is 1. The fourth-order valence-corrected chi connectivity index (χ4v) is 1.50. The lowest BCUT2D eigenvalue weighted by Crippen LogP contribution is -2.23. The van der Waals surface area contributed by atoms with E-state index in [-0.39, 0.29) is 0 Å². The maximum absolute atomic E-state index is 4.17. The van der Waals surface area contributed by atoms with Crippen LogP contribution < -0.4 is 5.32 Å². The topological polar surface area (TPSA) is 53.6 Å². The molecule has 4 nitrogen and oxygen atoms in total. The van der Waals surface area contributed by atoms with Gasteiger partial charge in [0, 0.05) is 0 Å². The predicted octanol–water partition coefficient (Wildman–Crippen LogP) is 0.865. The van der Waals surface area contributed by atoms with E-state index in [1.165, 1.54) is 12.8 Å². The smallest absolute Gasteiger partial charge is 0.141 e. The zero-order valence-electron chi connectivity index (χ0n) is 7.25. The summed E-state index contributed by atoms with van der Waals surface area (Å²) in [5.74, 6) is 1.76. The molecule has 1 atom stereocenters. The molecule has 0 bridgehead atoms. The number of nitrogens with zero attached hydrogens (tertiary/aromatic N) is 2. The van der Waals surface area contributed by atoms with Gasteiger partial charge in [0.25, 0.3) is 0 Å². The Kier molecular flexibility index (Phi) is 2.08. The minimum Gasteiger partial charge on any atom is -0.307 e. The zero-order chi connectivity index (χ0) is 8.39. The van der Waals surface area contributed by atoms with Gasteiger partial charge >= 0.3 is 0 Å². The van der Waals surface area contributed by atoms with Crippen molar-refractivity contribution in [3.63, 3.8) is 0 Å². The minimum atomic E-state index is 0.400. The highest BCUT2D eigenvalue weighted by Gasteiger charge is 2.33. The number of aromatic nitrogens is 3. The Morgan fingerprint density at radius 2 is 2.58 bits per heavy atom. The second-order valence-corrected chi connectivity index (χ2v) is 3.24. The minimum absolute atomic E-state index is 0.400. The van der Waals surface area contributed by atoms with E-state index in [0.29, 0.717) is 6.04 Å². The Morgan fingerprint density at radius 3 is 3.08 bits per heavy atom. The Balaban J connectivity index is 2.05. The summed E-state index contributed by atoms with van der Waals surface area (Å²) in [5, 5.41) is 10.2. The summed E-state index contributed by atoms with van der Waals surface area (Å²) in [6, 6.07) is 0.400. The molecule has 1 aromatic heterocycles. The van der Waals surface area contributed by atoms with Gasteiger partial charge in [0.1, 0.15) is 12.2 Å². The van der Waals surface area contributed by atoms with E-state index in [4.69, 9.17) is 0 Å². The Labute approximate surface area is 71.8 Å². The zero-order valence-corrected chi connectivity index (χ0v) is 7.25. The molecular formula is C8H14N4. The monoisotopic (exact) mass is 166 g/mol. The first-order valence-corrected chi connectivity index (χ1v) is 4.50. The Bertz CT molecular complexity index is 227. The predicted molar refractivity (Wildman–Crippen MR) is 45.5 cm³/mol. The van der Waals surface area contributed by atoms with Crippen LogP contribution in [-0.4, -0.2) is 21.7 Å². The molecular weight excluding hydrogens is 152 g/mol. The highest BCUT2D eigenvalue weighted by Crippen LogP contribution is 2.39. The standard InChI is InChI=1S/C8H14N4/c1-2-9-7(6-3-4-6)8-10-5-11-12-8/h5-7,9H,2-4H2,1H3,(H,10,11,12). The molecule has 1 saturated carbocycles. The van der Waals surface area contributed by atoms with Crippen LogP contribution in [-0.2, 0) is 0 Å². The lowest BCUT2D eigenvalue weighted by Gasteiger charge is -2.13. The molecule has 0 radical (unpaired) electrons. The van der Waals surface area contributed by atoms with Crippen molar-refractivity contribution in [2.75, 3.05) is 6.54 Å². The molecule has 66 valence electrons. The summed E-state index contributed by atoms with van der Waals surface area (Å²) in [4.78, 5) is 4.17. The van der Waals surface area contributed by atoms with Crippen LogP contribution in [0, 0.1) is 5.92 Å². The SMILES string of the molecule is CCNC(c1ncn[nH]1)C1CC1. The normalized spacial score (nSPS) is 19.4. The summed E-state index contributed by atoms with van der Waals surface area (Å²) in [5.41, 5.74) is 0. The fourth-order valence-electron chi connectivity index (χ4n) is 1.50. The van der Waals surface area contributed by atoms with E-state index in [1.54, 1.807) is 6.33 Å². The fraction of sp³-hybridized carbons (Fsp3) is 0.750. The van der Waals surface area contributed by atoms with Crippen molar-refractivity contribution >= 4 is 0 Å². The number of hydrogen-bond donors (Lipinski definition) is 2. The lowest BCUT2D eigenvalue weighted by atomic mass is 10.2. The molecule has 1 fully saturated rings. The molecule has 12 heavy (non-hydrogen) atoms. The average molecular weight is 166 g/mol. The van der Waals surface area contributed by atoms with Crippen molar-refractivity contribution in [2.24, 2.45) is 5.92 Å². The lowest BCUT2D eigenvalue weighted by molar-refractivity contribution is 0.473. The molecule has 0 spiro atoms. The third kappa shape index (κ3) is 1.48. The highest BCUT2D eigenvalue weighted by atomic mass is 15.2. The van der Waals surface area contributed by atoms with Gasteiger partial charge in [-0.25, -0.2) is 4.98 Å². The third-order valence-corrected chi connectivity index (χ3v) is 2.25. The maximum Gasteiger partial charge on any atom is 0.141 e. The number of nitrogens with one attached hydrogen (secondary N) is 2. The van der Waals surface area contributed by atoms with E-state index in [0.717, 1.165) is 18.3 Å². The van der Waals surface area contributed by atoms with E-state index in [9.17, 15) is 0 Å². The van der Waals surface area contributed by atoms with Crippen LogP contribution in [0.2, 0.25) is 0 Å². The summed E-state index contributed by atoms with van der Waals surface area (Å²) in [6.45, 7) is 3.10. The maximum atomic E-state index is 4.17. The van der Waals surface area contributed by atoms with Crippen LogP contribution in [0.5, 0.6) is 0 Å². The largest absolute Gasteiger partial charge is 0.307 e. The number of H-pyrrole nitrogens is 1. The molecule has 1 unspecified atom stereocenters. The van der Waals surface area contributed by atoms with E-state index in [1.807, 2.05) is 0 Å². The first-order chi connectivity index (χ1) is 5.92. The molecule has 2 rings (SSSR count). The molecule has 0 aromatic carbocycles. The van der Waals surface area contributed by atoms with Crippen molar-refractivity contribution in [2.45, 2.75) is 25.8 Å². The second-order valence-electron chi connectivity index (χ2n) is 3.24. The highest BCUT2D eigenvalue weighted by molar-refractivity contribution is 4.99. The Morgan fingerprint density at radius 1 is 1.75 bits per heavy atom. The average Bonchev–Trinajstić information content (AvgIpc) is 2.77. The van der Waals surface area contributed by atoms with Gasteiger partial charge in [0.05, 0.1) is 6.04 Å². The van der Waals surface area contributed by atoms with Gasteiger partial charge in [-0.15, -0.1) is 0 Å². The van der Waals surface area contributed by atoms with Crippen molar-refractivity contribution in [1.82, 2.24) is 20.5 Å². The van der Waals surface area contributed by atoms with Crippen molar-refractivity contribution < 1.29 is 0 Å². The van der Waals surface area contributed by atoms with Gasteiger partial charge in [0.2, 0.25) is 0 Å². The first-order valence-electron chi connectivity index (χ1n) is 4.50. The molecule has 1 heterocycles. The molecule has 1 aliphatic carbocycles. The van der Waals surface area contributed by atoms with Crippen LogP contribution in [0.4, 0.5) is 0 Å². The molecule has 0 amide bonds. The van der Waals surface area contributed by atoms with Crippen LogP contribution in [0.3, 0.4) is 0 Å². The van der Waals surface area contributed by atoms with Crippen molar-refractivity contribution in [3.05, 3.63) is 12.2 Å². The molecule has 2 N–H and O–H groups in total. The van der Waals surface area contributed by atoms with Crippen molar-refractivity contribution in [3.8, 4) is 0 Å². The summed E-state index contributed by atoms with van der Waals surface area (Å²) >= 11 is 0. The third-order valence-electron chi connectivity index (χ3n) is 2.25. The van der Waals surface area contributed by atoms with Crippen LogP contribution in [0.15, 0.2) is 6.33 Å². The molecule has 1 aromatic rings. The van der Waals surface area contributed by atoms with Gasteiger partial charge in [0.15, 0.2) is 0 Å². The van der Waals surface area contributed by atoms with E-state index < -0.39 is 0 Å². The van der Waals surface area contributed by atoms with E-state index in [2.05, 4.69) is 27.4 Å². The summed E-state index contributed by atoms with van der Waals surface area (Å²) in [6.07, 6.45) is 4.21. The van der Waals surface area contributed by atoms with Gasteiger partial charge in [-0.2, -0.15) is 5.10 Å². The summed E-state index contributed by atoms with van der Waals surface area (Å²) < 4.78 is 0. The van der Waals surface area contributed by atoms with E-state index >= 15 is 0 Å². The second kappa shape index (κ2) is 3.23. The van der Waals surface area contributed by atoms with Crippen LogP contribution >= 0.6 is 0 Å². The number of rotatable bonds is 4.